The van der Waals surface area contributed by atoms with Crippen molar-refractivity contribution in [3.8, 4) is 0 Å². The van der Waals surface area contributed by atoms with Gasteiger partial charge in [-0.25, -0.2) is 0 Å². The van der Waals surface area contributed by atoms with Crippen LogP contribution >= 0.6 is 15.9 Å². The first kappa shape index (κ1) is 15.8. The third kappa shape index (κ3) is 4.71. The third-order valence-electron chi connectivity index (χ3n) is 3.40. The average molecular weight is 346 g/mol. The number of hydrogen-bond acceptors (Lipinski definition) is 1. The van der Waals surface area contributed by atoms with Crippen molar-refractivity contribution in [2.45, 2.75) is 32.2 Å². The molecule has 2 aromatic rings. The number of carbonyl (C=O) groups excluding carboxylic acids is 1. The van der Waals surface area contributed by atoms with Crippen LogP contribution < -0.4 is 5.32 Å². The van der Waals surface area contributed by atoms with Crippen molar-refractivity contribution >= 4 is 21.8 Å². The zero-order valence-electron chi connectivity index (χ0n) is 12.2. The van der Waals surface area contributed by atoms with Crippen LogP contribution in [0.4, 0.5) is 0 Å². The molecule has 0 saturated carbocycles. The molecule has 2 aromatic carbocycles. The maximum Gasteiger partial charge on any atom is 0.220 e. The number of nitrogens with one attached hydrogen (secondary N) is 1. The van der Waals surface area contributed by atoms with Gasteiger partial charge in [0.1, 0.15) is 0 Å². The fraction of sp³-hybridized carbons (Fsp3) is 0.278. The van der Waals surface area contributed by atoms with Crippen molar-refractivity contribution < 1.29 is 4.79 Å². The summed E-state index contributed by atoms with van der Waals surface area (Å²) in [5.41, 5.74) is 2.19. The lowest BCUT2D eigenvalue weighted by atomic mass is 9.98. The lowest BCUT2D eigenvalue weighted by Crippen LogP contribution is -2.29. The summed E-state index contributed by atoms with van der Waals surface area (Å²) in [6.45, 7) is 2.09. The van der Waals surface area contributed by atoms with E-state index in [-0.39, 0.29) is 11.9 Å². The van der Waals surface area contributed by atoms with Crippen molar-refractivity contribution in [2.75, 3.05) is 0 Å². The van der Waals surface area contributed by atoms with Crippen molar-refractivity contribution in [1.29, 1.82) is 0 Å². The molecule has 0 bridgehead atoms. The van der Waals surface area contributed by atoms with Crippen molar-refractivity contribution in [3.63, 3.8) is 0 Å². The molecular weight excluding hydrogens is 326 g/mol. The van der Waals surface area contributed by atoms with E-state index in [2.05, 4.69) is 28.2 Å². The van der Waals surface area contributed by atoms with Gasteiger partial charge in [0.05, 0.1) is 6.04 Å². The maximum atomic E-state index is 12.1. The summed E-state index contributed by atoms with van der Waals surface area (Å²) in [6.07, 6.45) is 2.53. The largest absolute Gasteiger partial charge is 0.345 e. The first-order valence-corrected chi connectivity index (χ1v) is 8.09. The summed E-state index contributed by atoms with van der Waals surface area (Å²) in [7, 11) is 0. The van der Waals surface area contributed by atoms with E-state index in [0.29, 0.717) is 6.42 Å². The van der Waals surface area contributed by atoms with Gasteiger partial charge in [-0.2, -0.15) is 0 Å². The Hall–Kier alpha value is -1.61. The van der Waals surface area contributed by atoms with Gasteiger partial charge in [-0.15, -0.1) is 0 Å². The Kier molecular flexibility index (Phi) is 6.00. The van der Waals surface area contributed by atoms with Crippen LogP contribution in [0.2, 0.25) is 0 Å². The third-order valence-corrected chi connectivity index (χ3v) is 3.93. The van der Waals surface area contributed by atoms with E-state index in [1.165, 1.54) is 0 Å². The summed E-state index contributed by atoms with van der Waals surface area (Å²) in [6, 6.07) is 18.1. The second-order valence-corrected chi connectivity index (χ2v) is 5.98. The average Bonchev–Trinajstić information content (AvgIpc) is 2.52. The minimum absolute atomic E-state index is 0.0938. The first-order chi connectivity index (χ1) is 10.2. The van der Waals surface area contributed by atoms with Crippen LogP contribution in [-0.2, 0) is 4.79 Å². The number of unbranched alkanes of at least 4 members (excludes halogenated alkanes) is 1. The molecule has 1 amide bonds. The molecule has 3 heteroatoms. The van der Waals surface area contributed by atoms with Crippen LogP contribution in [0.3, 0.4) is 0 Å². The van der Waals surface area contributed by atoms with Crippen LogP contribution in [-0.4, -0.2) is 5.91 Å². The molecule has 0 aromatic heterocycles. The summed E-state index contributed by atoms with van der Waals surface area (Å²) < 4.78 is 1.04. The number of amides is 1. The Morgan fingerprint density at radius 3 is 2.29 bits per heavy atom. The fourth-order valence-corrected chi connectivity index (χ4v) is 2.49. The SMILES string of the molecule is CCCCC(=O)NC(c1ccccc1)c1ccc(Br)cc1. The van der Waals surface area contributed by atoms with E-state index in [1.54, 1.807) is 0 Å². The highest BCUT2D eigenvalue weighted by atomic mass is 79.9. The zero-order valence-corrected chi connectivity index (χ0v) is 13.8. The summed E-state index contributed by atoms with van der Waals surface area (Å²) in [5, 5.41) is 3.15. The number of halogens is 1. The lowest BCUT2D eigenvalue weighted by molar-refractivity contribution is -0.121. The molecule has 0 saturated heterocycles. The molecule has 0 aliphatic carbocycles. The molecule has 0 heterocycles. The molecule has 0 spiro atoms. The molecule has 110 valence electrons. The molecule has 0 radical (unpaired) electrons. The van der Waals surface area contributed by atoms with Crippen LogP contribution in [0, 0.1) is 0 Å². The fourth-order valence-electron chi connectivity index (χ4n) is 2.23. The predicted molar refractivity (Wildman–Crippen MR) is 90.1 cm³/mol. The molecule has 0 aliphatic rings. The summed E-state index contributed by atoms with van der Waals surface area (Å²) in [5.74, 6) is 0.105. The molecule has 21 heavy (non-hydrogen) atoms. The van der Waals surface area contributed by atoms with Gasteiger partial charge in [-0.05, 0) is 29.7 Å². The lowest BCUT2D eigenvalue weighted by Gasteiger charge is -2.20. The van der Waals surface area contributed by atoms with E-state index in [1.807, 2.05) is 54.6 Å². The van der Waals surface area contributed by atoms with E-state index < -0.39 is 0 Å². The van der Waals surface area contributed by atoms with Gasteiger partial charge in [-0.3, -0.25) is 4.79 Å². The van der Waals surface area contributed by atoms with Gasteiger partial charge < -0.3 is 5.32 Å². The second kappa shape index (κ2) is 7.99. The Bertz CT molecular complexity index is 566. The Balaban J connectivity index is 2.22. The van der Waals surface area contributed by atoms with Gasteiger partial charge in [0.2, 0.25) is 5.91 Å². The molecule has 0 aliphatic heterocycles. The molecule has 1 atom stereocenters. The van der Waals surface area contributed by atoms with Crippen LogP contribution in [0.1, 0.15) is 43.4 Å². The minimum atomic E-state index is -0.0938. The quantitative estimate of drug-likeness (QED) is 0.796. The monoisotopic (exact) mass is 345 g/mol. The topological polar surface area (TPSA) is 29.1 Å². The molecule has 2 rings (SSSR count). The number of hydrogen-bond donors (Lipinski definition) is 1. The van der Waals surface area contributed by atoms with E-state index >= 15 is 0 Å². The number of benzene rings is 2. The second-order valence-electron chi connectivity index (χ2n) is 5.07. The van der Waals surface area contributed by atoms with Crippen molar-refractivity contribution in [3.05, 3.63) is 70.2 Å². The molecule has 2 nitrogen and oxygen atoms in total. The predicted octanol–water partition coefficient (Wildman–Crippen LogP) is 4.84. The minimum Gasteiger partial charge on any atom is -0.345 e. The molecule has 1 N–H and O–H groups in total. The number of carbonyl (C=O) groups is 1. The number of rotatable bonds is 6. The zero-order chi connectivity index (χ0) is 15.1. The highest BCUT2D eigenvalue weighted by Gasteiger charge is 2.16. The first-order valence-electron chi connectivity index (χ1n) is 7.30. The standard InChI is InChI=1S/C18H20BrNO/c1-2-3-9-17(21)20-18(14-7-5-4-6-8-14)15-10-12-16(19)13-11-15/h4-8,10-13,18H,2-3,9H2,1H3,(H,20,21). The van der Waals surface area contributed by atoms with Crippen LogP contribution in [0.15, 0.2) is 59.1 Å². The molecule has 1 unspecified atom stereocenters. The normalized spacial score (nSPS) is 11.9. The van der Waals surface area contributed by atoms with Crippen molar-refractivity contribution in [2.24, 2.45) is 0 Å². The van der Waals surface area contributed by atoms with E-state index in [4.69, 9.17) is 0 Å². The highest BCUT2D eigenvalue weighted by molar-refractivity contribution is 9.10. The van der Waals surface area contributed by atoms with E-state index in [9.17, 15) is 4.79 Å². The molecule has 0 fully saturated rings. The Labute approximate surface area is 134 Å². The summed E-state index contributed by atoms with van der Waals surface area (Å²) >= 11 is 3.45. The highest BCUT2D eigenvalue weighted by Crippen LogP contribution is 2.23. The van der Waals surface area contributed by atoms with Gasteiger partial charge in [0.25, 0.3) is 0 Å². The molecular formula is C18H20BrNO. The van der Waals surface area contributed by atoms with E-state index in [0.717, 1.165) is 28.4 Å². The maximum absolute atomic E-state index is 12.1. The van der Waals surface area contributed by atoms with Gasteiger partial charge >= 0.3 is 0 Å². The smallest absolute Gasteiger partial charge is 0.220 e. The van der Waals surface area contributed by atoms with Gasteiger partial charge in [-0.1, -0.05) is 71.7 Å². The van der Waals surface area contributed by atoms with Crippen LogP contribution in [0.5, 0.6) is 0 Å². The Morgan fingerprint density at radius 2 is 1.67 bits per heavy atom. The summed E-state index contributed by atoms with van der Waals surface area (Å²) in [4.78, 5) is 12.1. The van der Waals surface area contributed by atoms with Gasteiger partial charge in [0.15, 0.2) is 0 Å². The Morgan fingerprint density at radius 1 is 1.05 bits per heavy atom. The van der Waals surface area contributed by atoms with Crippen LogP contribution in [0.25, 0.3) is 0 Å². The van der Waals surface area contributed by atoms with Crippen molar-refractivity contribution in [1.82, 2.24) is 5.32 Å². The van der Waals surface area contributed by atoms with Gasteiger partial charge in [0, 0.05) is 10.9 Å².